The van der Waals surface area contributed by atoms with Crippen molar-refractivity contribution >= 4 is 22.6 Å². The summed E-state index contributed by atoms with van der Waals surface area (Å²) in [5, 5.41) is 20.0. The molecular weight excluding hydrogens is 371 g/mol. The van der Waals surface area contributed by atoms with Gasteiger partial charge >= 0.3 is 16.8 Å². The molecule has 139 valence electrons. The van der Waals surface area contributed by atoms with Crippen LogP contribution in [0.2, 0.25) is 0 Å². The fourth-order valence-corrected chi connectivity index (χ4v) is 1.45. The average molecular weight is 393 g/mol. The van der Waals surface area contributed by atoms with Crippen LogP contribution in [0, 0.1) is 0 Å². The van der Waals surface area contributed by atoms with E-state index < -0.39 is 0 Å². The minimum absolute atomic E-state index is 0. The molecule has 0 bridgehead atoms. The van der Waals surface area contributed by atoms with Gasteiger partial charge in [0.25, 0.3) is 0 Å². The van der Waals surface area contributed by atoms with Crippen LogP contribution < -0.4 is 10.2 Å². The number of nitrogens with one attached hydrogen (secondary N) is 1. The van der Waals surface area contributed by atoms with Crippen LogP contribution in [0.1, 0.15) is 27.7 Å². The minimum Gasteiger partial charge on any atom is -0.876 e. The molecule has 0 aliphatic rings. The Hall–Kier alpha value is -2.42. The zero-order valence-corrected chi connectivity index (χ0v) is 15.5. The number of aromatic amines is 1. The number of nitrogens with zero attached hydrogens (tertiary/aromatic N) is 1. The van der Waals surface area contributed by atoms with Crippen molar-refractivity contribution in [3.63, 3.8) is 0 Å². The molecule has 1 heterocycles. The largest absolute Gasteiger partial charge is 2.00 e. The molecule has 0 amide bonds. The first-order valence-corrected chi connectivity index (χ1v) is 6.82. The van der Waals surface area contributed by atoms with Gasteiger partial charge in [-0.15, -0.1) is 11.5 Å². The van der Waals surface area contributed by atoms with Crippen LogP contribution in [0.5, 0.6) is 0 Å². The molecule has 8 heteroatoms. The van der Waals surface area contributed by atoms with Crippen molar-refractivity contribution in [1.82, 2.24) is 9.97 Å². The molecule has 3 N–H and O–H groups in total. The van der Waals surface area contributed by atoms with Gasteiger partial charge in [-0.1, -0.05) is 26.0 Å². The number of carbonyl (C=O) groups excluding carboxylic acids is 2. The Morgan fingerprint density at radius 2 is 1.40 bits per heavy atom. The number of ketones is 2. The third-order valence-corrected chi connectivity index (χ3v) is 2.14. The first-order chi connectivity index (χ1) is 10.7. The Balaban J connectivity index is -0.000000284. The number of carbonyl (C=O) groups is 2. The van der Waals surface area contributed by atoms with Crippen LogP contribution >= 0.6 is 0 Å². The Bertz CT molecular complexity index is 642. The molecule has 0 spiro atoms. The molecule has 25 heavy (non-hydrogen) atoms. The minimum atomic E-state index is -0.187. The van der Waals surface area contributed by atoms with E-state index in [1.165, 1.54) is 27.7 Å². The first-order valence-electron chi connectivity index (χ1n) is 6.82. The summed E-state index contributed by atoms with van der Waals surface area (Å²) in [6.07, 6.45) is 3.81. The van der Waals surface area contributed by atoms with E-state index in [0.29, 0.717) is 0 Å². The number of hydrogen-bond acceptors (Lipinski definition) is 5. The van der Waals surface area contributed by atoms with E-state index in [9.17, 15) is 19.8 Å². The Labute approximate surface area is 157 Å². The van der Waals surface area contributed by atoms with Crippen LogP contribution in [0.4, 0.5) is 0 Å². The molecule has 0 fully saturated rings. The average Bonchev–Trinajstić information content (AvgIpc) is 2.84. The topological polar surface area (TPSA) is 140 Å². The summed E-state index contributed by atoms with van der Waals surface area (Å²) in [5.41, 5.74) is 2.12. The van der Waals surface area contributed by atoms with Crippen LogP contribution in [0.15, 0.2) is 54.3 Å². The zero-order chi connectivity index (χ0) is 17.8. The SMILES string of the molecule is CC(=O)/C=C(/C)[O-].CC(=O)/C=C(/C)[O-].O.[Co+2].c1ccc2[nH]cnc2c1. The van der Waals surface area contributed by atoms with Gasteiger partial charge in [0, 0.05) is 0 Å². The van der Waals surface area contributed by atoms with Crippen LogP contribution in [-0.2, 0) is 26.4 Å². The van der Waals surface area contributed by atoms with Gasteiger partial charge in [-0.2, -0.15) is 0 Å². The van der Waals surface area contributed by atoms with Gasteiger partial charge in [0.2, 0.25) is 0 Å². The molecule has 0 aliphatic heterocycles. The van der Waals surface area contributed by atoms with E-state index >= 15 is 0 Å². The Morgan fingerprint density at radius 3 is 1.72 bits per heavy atom. The van der Waals surface area contributed by atoms with Crippen LogP contribution in [-0.4, -0.2) is 27.0 Å². The van der Waals surface area contributed by atoms with Gasteiger partial charge < -0.3 is 20.7 Å². The third-order valence-electron chi connectivity index (χ3n) is 2.14. The normalized spacial score (nSPS) is 10.1. The van der Waals surface area contributed by atoms with E-state index in [1.807, 2.05) is 24.3 Å². The summed E-state index contributed by atoms with van der Waals surface area (Å²) in [6.45, 7) is 5.39. The van der Waals surface area contributed by atoms with Gasteiger partial charge in [-0.25, -0.2) is 4.98 Å². The molecule has 2 rings (SSSR count). The second kappa shape index (κ2) is 15.1. The predicted molar refractivity (Wildman–Crippen MR) is 88.6 cm³/mol. The van der Waals surface area contributed by atoms with Crippen LogP contribution in [0.25, 0.3) is 11.0 Å². The van der Waals surface area contributed by atoms with Gasteiger partial charge in [0.15, 0.2) is 11.6 Å². The van der Waals surface area contributed by atoms with Gasteiger partial charge in [-0.3, -0.25) is 9.59 Å². The molecular formula is C17H22CoN2O5. The van der Waals surface area contributed by atoms with E-state index in [0.717, 1.165) is 23.2 Å². The maximum absolute atomic E-state index is 9.98. The summed E-state index contributed by atoms with van der Waals surface area (Å²) in [6, 6.07) is 7.94. The fourth-order valence-electron chi connectivity index (χ4n) is 1.45. The molecule has 1 radical (unpaired) electrons. The van der Waals surface area contributed by atoms with E-state index in [4.69, 9.17) is 0 Å². The Kier molecular flexibility index (Phi) is 16.6. The van der Waals surface area contributed by atoms with E-state index in [1.54, 1.807) is 6.33 Å². The van der Waals surface area contributed by atoms with Crippen molar-refractivity contribution in [2.24, 2.45) is 0 Å². The number of rotatable bonds is 2. The number of H-pyrrole nitrogens is 1. The number of imidazole rings is 1. The number of fused-ring (bicyclic) bond motifs is 1. The quantitative estimate of drug-likeness (QED) is 0.581. The fraction of sp³-hybridized carbons (Fsp3) is 0.235. The second-order valence-electron chi connectivity index (χ2n) is 4.65. The van der Waals surface area contributed by atoms with Crippen LogP contribution in [0.3, 0.4) is 0 Å². The second-order valence-corrected chi connectivity index (χ2v) is 4.65. The third kappa shape index (κ3) is 16.2. The smallest absolute Gasteiger partial charge is 0.876 e. The number of aromatic nitrogens is 2. The monoisotopic (exact) mass is 393 g/mol. The number of hydrogen-bond donors (Lipinski definition) is 1. The number of allylic oxidation sites excluding steroid dienone is 4. The molecule has 0 aliphatic carbocycles. The van der Waals surface area contributed by atoms with E-state index in [-0.39, 0.29) is 45.3 Å². The van der Waals surface area contributed by atoms with Crippen molar-refractivity contribution < 1.29 is 42.1 Å². The molecule has 7 nitrogen and oxygen atoms in total. The molecule has 0 saturated heterocycles. The van der Waals surface area contributed by atoms with Gasteiger partial charge in [-0.05, 0) is 38.1 Å². The van der Waals surface area contributed by atoms with Gasteiger partial charge in [0.1, 0.15) is 0 Å². The standard InChI is InChI=1S/C7H6N2.2C5H8O2.Co.H2O/c1-2-4-7-6(3-1)8-5-9-7;2*1-4(6)3-5(2)7;;/h1-5H,(H,8,9);2*3,6H,1-2H3;;1H2/q;;;+2;/p-2/b;2*4-3-;;. The van der Waals surface area contributed by atoms with Crippen molar-refractivity contribution in [1.29, 1.82) is 0 Å². The predicted octanol–water partition coefficient (Wildman–Crippen LogP) is 0.415. The summed E-state index contributed by atoms with van der Waals surface area (Å²) in [4.78, 5) is 27.0. The number of benzene rings is 1. The van der Waals surface area contributed by atoms with E-state index in [2.05, 4.69) is 9.97 Å². The molecule has 0 atom stereocenters. The molecule has 0 unspecified atom stereocenters. The summed E-state index contributed by atoms with van der Waals surface area (Å²) in [7, 11) is 0. The Morgan fingerprint density at radius 1 is 0.960 bits per heavy atom. The maximum Gasteiger partial charge on any atom is 2.00 e. The van der Waals surface area contributed by atoms with Crippen molar-refractivity contribution in [2.75, 3.05) is 0 Å². The molecule has 1 aromatic heterocycles. The molecule has 2 aromatic rings. The number of para-hydroxylation sites is 2. The van der Waals surface area contributed by atoms with Crippen molar-refractivity contribution in [2.45, 2.75) is 27.7 Å². The first kappa shape index (κ1) is 27.4. The molecule has 0 saturated carbocycles. The zero-order valence-electron chi connectivity index (χ0n) is 14.5. The molecule has 1 aromatic carbocycles. The summed E-state index contributed by atoms with van der Waals surface area (Å²) < 4.78 is 0. The van der Waals surface area contributed by atoms with Gasteiger partial charge in [0.05, 0.1) is 17.4 Å². The summed E-state index contributed by atoms with van der Waals surface area (Å²) in [5.74, 6) is -0.750. The summed E-state index contributed by atoms with van der Waals surface area (Å²) >= 11 is 0. The van der Waals surface area contributed by atoms with Crippen molar-refractivity contribution in [3.05, 3.63) is 54.3 Å². The van der Waals surface area contributed by atoms with Crippen molar-refractivity contribution in [3.8, 4) is 0 Å². The maximum atomic E-state index is 9.98.